The van der Waals surface area contributed by atoms with E-state index >= 15 is 0 Å². The maximum atomic E-state index is 5.56. The molecule has 1 aromatic heterocycles. The van der Waals surface area contributed by atoms with Gasteiger partial charge in [0.25, 0.3) is 0 Å². The van der Waals surface area contributed by atoms with Crippen LogP contribution in [0, 0.1) is 0 Å². The van der Waals surface area contributed by atoms with E-state index in [9.17, 15) is 0 Å². The Morgan fingerprint density at radius 1 is 1.36 bits per heavy atom. The summed E-state index contributed by atoms with van der Waals surface area (Å²) in [5.74, 6) is 0. The largest absolute Gasteiger partial charge is 0.326 e. The van der Waals surface area contributed by atoms with Crippen molar-refractivity contribution in [2.45, 2.75) is 33.2 Å². The van der Waals surface area contributed by atoms with Gasteiger partial charge in [0, 0.05) is 30.7 Å². The quantitative estimate of drug-likeness (QED) is 0.740. The molecule has 1 aliphatic heterocycles. The molecular weight excluding hydrogens is 174 g/mol. The van der Waals surface area contributed by atoms with Crippen molar-refractivity contribution in [2.75, 3.05) is 0 Å². The molecule has 3 heteroatoms. The van der Waals surface area contributed by atoms with Gasteiger partial charge in [0.15, 0.2) is 0 Å². The Labute approximate surface area is 85.1 Å². The fourth-order valence-electron chi connectivity index (χ4n) is 1.42. The van der Waals surface area contributed by atoms with E-state index in [0.29, 0.717) is 6.54 Å². The fourth-order valence-corrected chi connectivity index (χ4v) is 1.42. The van der Waals surface area contributed by atoms with Crippen molar-refractivity contribution in [1.29, 1.82) is 0 Å². The van der Waals surface area contributed by atoms with Crippen LogP contribution in [0.1, 0.15) is 31.4 Å². The average molecular weight is 191 g/mol. The zero-order valence-electron chi connectivity index (χ0n) is 8.83. The molecule has 0 bridgehead atoms. The third kappa shape index (κ3) is 2.17. The number of rotatable bonds is 1. The molecule has 0 radical (unpaired) electrons. The minimum atomic E-state index is 0.521. The first-order chi connectivity index (χ1) is 6.92. The lowest BCUT2D eigenvalue weighted by molar-refractivity contribution is 0.967. The minimum Gasteiger partial charge on any atom is -0.326 e. The second-order valence-electron chi connectivity index (χ2n) is 2.86. The molecule has 0 unspecified atom stereocenters. The maximum absolute atomic E-state index is 5.56. The molecule has 0 amide bonds. The van der Waals surface area contributed by atoms with Crippen LogP contribution in [0.3, 0.4) is 0 Å². The predicted octanol–water partition coefficient (Wildman–Crippen LogP) is 2.21. The number of hydrogen-bond donors (Lipinski definition) is 1. The van der Waals surface area contributed by atoms with Crippen LogP contribution in [0.2, 0.25) is 0 Å². The first kappa shape index (κ1) is 10.9. The lowest BCUT2D eigenvalue weighted by atomic mass is 10.0. The van der Waals surface area contributed by atoms with E-state index in [-0.39, 0.29) is 0 Å². The Hall–Kier alpha value is -1.22. The Balaban J connectivity index is 0.000000461. The molecule has 2 N–H and O–H groups in total. The van der Waals surface area contributed by atoms with Crippen LogP contribution in [0.4, 0.5) is 5.69 Å². The molecule has 14 heavy (non-hydrogen) atoms. The van der Waals surface area contributed by atoms with Gasteiger partial charge in [-0.05, 0) is 18.4 Å². The van der Waals surface area contributed by atoms with Crippen molar-refractivity contribution < 1.29 is 0 Å². The smallest absolute Gasteiger partial charge is 0.0733 e. The lowest BCUT2D eigenvalue weighted by Gasteiger charge is -2.11. The molecule has 3 nitrogen and oxygen atoms in total. The summed E-state index contributed by atoms with van der Waals surface area (Å²) in [5.41, 5.74) is 8.87. The third-order valence-electron chi connectivity index (χ3n) is 2.05. The normalized spacial score (nSPS) is 12.8. The number of nitrogens with two attached hydrogens (primary N) is 1. The summed E-state index contributed by atoms with van der Waals surface area (Å²) >= 11 is 0. The fraction of sp³-hybridized carbons (Fsp3) is 0.455. The van der Waals surface area contributed by atoms with Gasteiger partial charge in [-0.2, -0.15) is 0 Å². The van der Waals surface area contributed by atoms with Crippen molar-refractivity contribution in [2.24, 2.45) is 10.7 Å². The molecule has 76 valence electrons. The van der Waals surface area contributed by atoms with Gasteiger partial charge in [-0.1, -0.05) is 13.8 Å². The Morgan fingerprint density at radius 2 is 2.14 bits per heavy atom. The third-order valence-corrected chi connectivity index (χ3v) is 2.05. The highest BCUT2D eigenvalue weighted by molar-refractivity contribution is 5.70. The molecule has 1 aromatic rings. The zero-order valence-corrected chi connectivity index (χ0v) is 8.83. The van der Waals surface area contributed by atoms with Crippen LogP contribution >= 0.6 is 0 Å². The van der Waals surface area contributed by atoms with Crippen molar-refractivity contribution in [3.8, 4) is 0 Å². The number of hydrogen-bond acceptors (Lipinski definition) is 3. The molecule has 0 atom stereocenters. The van der Waals surface area contributed by atoms with Gasteiger partial charge in [-0.15, -0.1) is 0 Å². The maximum Gasteiger partial charge on any atom is 0.0733 e. The van der Waals surface area contributed by atoms with Crippen LogP contribution in [0.25, 0.3) is 0 Å². The second-order valence-corrected chi connectivity index (χ2v) is 2.86. The van der Waals surface area contributed by atoms with E-state index < -0.39 is 0 Å². The molecule has 0 spiro atoms. The van der Waals surface area contributed by atoms with Gasteiger partial charge in [-0.25, -0.2) is 0 Å². The summed E-state index contributed by atoms with van der Waals surface area (Å²) in [4.78, 5) is 8.43. The summed E-state index contributed by atoms with van der Waals surface area (Å²) in [6.45, 7) is 4.52. The molecular formula is C11H17N3. The SMILES string of the molecule is CC.NCc1cncc2c1N=CCC2. The highest BCUT2D eigenvalue weighted by Gasteiger charge is 2.08. The average Bonchev–Trinajstić information content (AvgIpc) is 2.31. The van der Waals surface area contributed by atoms with Gasteiger partial charge in [-0.3, -0.25) is 9.98 Å². The van der Waals surface area contributed by atoms with Crippen LogP contribution in [-0.4, -0.2) is 11.2 Å². The summed E-state index contributed by atoms with van der Waals surface area (Å²) in [5, 5.41) is 0. The topological polar surface area (TPSA) is 51.3 Å². The number of aryl methyl sites for hydroxylation is 1. The first-order valence-corrected chi connectivity index (χ1v) is 5.10. The highest BCUT2D eigenvalue weighted by Crippen LogP contribution is 2.26. The molecule has 0 saturated heterocycles. The van der Waals surface area contributed by atoms with Crippen LogP contribution < -0.4 is 5.73 Å². The zero-order chi connectivity index (χ0) is 10.4. The molecule has 2 rings (SSSR count). The molecule has 0 aromatic carbocycles. The molecule has 0 fully saturated rings. The number of nitrogens with zero attached hydrogens (tertiary/aromatic N) is 2. The number of aliphatic imine (C=N–C) groups is 1. The van der Waals surface area contributed by atoms with Crippen molar-refractivity contribution in [1.82, 2.24) is 4.98 Å². The first-order valence-electron chi connectivity index (χ1n) is 5.10. The van der Waals surface area contributed by atoms with Crippen molar-refractivity contribution >= 4 is 11.9 Å². The summed E-state index contributed by atoms with van der Waals surface area (Å²) in [7, 11) is 0. The Bertz CT molecular complexity index is 318. The molecule has 0 aliphatic carbocycles. The monoisotopic (exact) mass is 191 g/mol. The van der Waals surface area contributed by atoms with Crippen molar-refractivity contribution in [3.05, 3.63) is 23.5 Å². The Kier molecular flexibility index (Phi) is 4.26. The lowest BCUT2D eigenvalue weighted by Crippen LogP contribution is -2.02. The predicted molar refractivity (Wildman–Crippen MR) is 59.9 cm³/mol. The molecule has 0 saturated carbocycles. The van der Waals surface area contributed by atoms with E-state index in [1.165, 1.54) is 5.56 Å². The second kappa shape index (κ2) is 5.50. The van der Waals surface area contributed by atoms with Crippen molar-refractivity contribution in [3.63, 3.8) is 0 Å². The van der Waals surface area contributed by atoms with Gasteiger partial charge in [0.2, 0.25) is 0 Å². The summed E-state index contributed by atoms with van der Waals surface area (Å²) in [6.07, 6.45) is 7.68. The van der Waals surface area contributed by atoms with E-state index in [0.717, 1.165) is 24.1 Å². The van der Waals surface area contributed by atoms with Gasteiger partial charge in [0.1, 0.15) is 0 Å². The van der Waals surface area contributed by atoms with Gasteiger partial charge >= 0.3 is 0 Å². The van der Waals surface area contributed by atoms with Gasteiger partial charge < -0.3 is 5.73 Å². The van der Waals surface area contributed by atoms with Crippen LogP contribution in [0.15, 0.2) is 17.4 Å². The number of pyridine rings is 1. The molecule has 1 aliphatic rings. The van der Waals surface area contributed by atoms with Gasteiger partial charge in [0.05, 0.1) is 5.69 Å². The molecule has 2 heterocycles. The van der Waals surface area contributed by atoms with E-state index in [1.807, 2.05) is 26.3 Å². The summed E-state index contributed by atoms with van der Waals surface area (Å²) < 4.78 is 0. The standard InChI is InChI=1S/C9H11N3.C2H6/c10-4-8-6-11-5-7-2-1-3-12-9(7)8;1-2/h3,5-6H,1-2,4,10H2;1-2H3. The highest BCUT2D eigenvalue weighted by atomic mass is 14.8. The number of aromatic nitrogens is 1. The van der Waals surface area contributed by atoms with E-state index in [1.54, 1.807) is 6.20 Å². The summed E-state index contributed by atoms with van der Waals surface area (Å²) in [6, 6.07) is 0. The van der Waals surface area contributed by atoms with E-state index in [4.69, 9.17) is 5.73 Å². The van der Waals surface area contributed by atoms with E-state index in [2.05, 4.69) is 9.98 Å². The number of fused-ring (bicyclic) bond motifs is 1. The Morgan fingerprint density at radius 3 is 2.86 bits per heavy atom. The minimum absolute atomic E-state index is 0.521. The van der Waals surface area contributed by atoms with Crippen LogP contribution in [0.5, 0.6) is 0 Å². The van der Waals surface area contributed by atoms with Crippen LogP contribution in [-0.2, 0) is 13.0 Å².